The first kappa shape index (κ1) is 24.6. The number of rotatable bonds is 5. The first-order valence-corrected chi connectivity index (χ1v) is 13.7. The van der Waals surface area contributed by atoms with Crippen LogP contribution < -0.4 is 0 Å². The molecule has 41 heavy (non-hydrogen) atoms. The number of hydrogen-bond donors (Lipinski definition) is 0. The lowest BCUT2D eigenvalue weighted by Crippen LogP contribution is -2.00. The van der Waals surface area contributed by atoms with Gasteiger partial charge in [-0.2, -0.15) is 0 Å². The van der Waals surface area contributed by atoms with Crippen molar-refractivity contribution in [2.75, 3.05) is 0 Å². The van der Waals surface area contributed by atoms with Crippen molar-refractivity contribution in [2.45, 2.75) is 6.92 Å². The Labute approximate surface area is 239 Å². The molecule has 0 amide bonds. The van der Waals surface area contributed by atoms with Gasteiger partial charge in [0.15, 0.2) is 17.5 Å². The number of nitrogens with zero attached hydrogens (tertiary/aromatic N) is 4. The lowest BCUT2D eigenvalue weighted by atomic mass is 9.97. The summed E-state index contributed by atoms with van der Waals surface area (Å²) in [4.78, 5) is 19.4. The average Bonchev–Trinajstić information content (AvgIpc) is 3.05. The van der Waals surface area contributed by atoms with Gasteiger partial charge in [0.2, 0.25) is 0 Å². The predicted octanol–water partition coefficient (Wildman–Crippen LogP) is 9.06. The van der Waals surface area contributed by atoms with E-state index in [1.54, 1.807) is 0 Å². The van der Waals surface area contributed by atoms with E-state index in [9.17, 15) is 0 Å². The van der Waals surface area contributed by atoms with Crippen molar-refractivity contribution in [1.29, 1.82) is 0 Å². The summed E-state index contributed by atoms with van der Waals surface area (Å²) in [6.45, 7) is 2.03. The maximum absolute atomic E-state index is 4.89. The van der Waals surface area contributed by atoms with E-state index in [1.165, 1.54) is 0 Å². The van der Waals surface area contributed by atoms with Crippen molar-refractivity contribution in [2.24, 2.45) is 0 Å². The maximum Gasteiger partial charge on any atom is 0.164 e. The second kappa shape index (κ2) is 10.6. The highest BCUT2D eigenvalue weighted by molar-refractivity contribution is 5.94. The van der Waals surface area contributed by atoms with Crippen LogP contribution in [-0.2, 0) is 0 Å². The molecule has 7 aromatic rings. The molecule has 0 radical (unpaired) electrons. The molecule has 4 nitrogen and oxygen atoms in total. The molecule has 0 aliphatic carbocycles. The molecule has 0 spiro atoms. The van der Waals surface area contributed by atoms with Crippen LogP contribution in [0.25, 0.3) is 67.3 Å². The Balaban J connectivity index is 1.27. The van der Waals surface area contributed by atoms with E-state index in [0.717, 1.165) is 55.5 Å². The molecule has 0 bridgehead atoms. The monoisotopic (exact) mass is 526 g/mol. The van der Waals surface area contributed by atoms with Crippen molar-refractivity contribution < 1.29 is 0 Å². The highest BCUT2D eigenvalue weighted by atomic mass is 15.0. The summed E-state index contributed by atoms with van der Waals surface area (Å²) in [7, 11) is 0. The standard InChI is InChI=1S/C37H26N4/c1-25-18-19-28-14-9-17-33(34(28)38-25)27-22-20-26(21-23-27)31-15-8-16-32(24-31)37-40-35(29-10-4-2-5-11-29)39-36(41-37)30-12-6-3-7-13-30/h2-24H,1H3. The fourth-order valence-corrected chi connectivity index (χ4v) is 5.10. The highest BCUT2D eigenvalue weighted by Gasteiger charge is 2.13. The summed E-state index contributed by atoms with van der Waals surface area (Å²) in [6, 6.07) is 47.7. The van der Waals surface area contributed by atoms with Gasteiger partial charge in [0.05, 0.1) is 5.52 Å². The van der Waals surface area contributed by atoms with Gasteiger partial charge in [-0.25, -0.2) is 15.0 Å². The molecule has 2 aromatic heterocycles. The zero-order valence-electron chi connectivity index (χ0n) is 22.6. The van der Waals surface area contributed by atoms with Gasteiger partial charge in [0, 0.05) is 33.3 Å². The molecule has 0 unspecified atom stereocenters. The minimum absolute atomic E-state index is 0.647. The highest BCUT2D eigenvalue weighted by Crippen LogP contribution is 2.32. The summed E-state index contributed by atoms with van der Waals surface area (Å²) in [5, 5.41) is 1.15. The second-order valence-electron chi connectivity index (χ2n) is 10.0. The third-order valence-electron chi connectivity index (χ3n) is 7.21. The molecular formula is C37H26N4. The van der Waals surface area contributed by atoms with Crippen LogP contribution in [0.1, 0.15) is 5.69 Å². The van der Waals surface area contributed by atoms with E-state index in [-0.39, 0.29) is 0 Å². The van der Waals surface area contributed by atoms with Gasteiger partial charge in [0.1, 0.15) is 0 Å². The molecule has 7 rings (SSSR count). The van der Waals surface area contributed by atoms with Crippen LogP contribution in [0, 0.1) is 6.92 Å². The van der Waals surface area contributed by atoms with Crippen molar-refractivity contribution in [1.82, 2.24) is 19.9 Å². The van der Waals surface area contributed by atoms with Crippen LogP contribution >= 0.6 is 0 Å². The van der Waals surface area contributed by atoms with Crippen LogP contribution in [0.3, 0.4) is 0 Å². The third-order valence-corrected chi connectivity index (χ3v) is 7.21. The smallest absolute Gasteiger partial charge is 0.164 e. The van der Waals surface area contributed by atoms with Gasteiger partial charge in [-0.3, -0.25) is 4.98 Å². The van der Waals surface area contributed by atoms with E-state index in [0.29, 0.717) is 17.5 Å². The van der Waals surface area contributed by atoms with E-state index in [1.807, 2.05) is 67.6 Å². The Bertz CT molecular complexity index is 1930. The van der Waals surface area contributed by atoms with Crippen LogP contribution in [0.4, 0.5) is 0 Å². The third kappa shape index (κ3) is 4.99. The molecule has 0 N–H and O–H groups in total. The van der Waals surface area contributed by atoms with Crippen LogP contribution in [-0.4, -0.2) is 19.9 Å². The molecule has 0 aliphatic heterocycles. The largest absolute Gasteiger partial charge is 0.252 e. The molecule has 0 atom stereocenters. The number of aromatic nitrogens is 4. The minimum atomic E-state index is 0.647. The van der Waals surface area contributed by atoms with Gasteiger partial charge in [0.25, 0.3) is 0 Å². The quantitative estimate of drug-likeness (QED) is 0.224. The second-order valence-corrected chi connectivity index (χ2v) is 10.0. The van der Waals surface area contributed by atoms with Crippen LogP contribution in [0.5, 0.6) is 0 Å². The summed E-state index contributed by atoms with van der Waals surface area (Å²) >= 11 is 0. The van der Waals surface area contributed by atoms with Gasteiger partial charge in [-0.05, 0) is 35.7 Å². The number of para-hydroxylation sites is 1. The number of fused-ring (bicyclic) bond motifs is 1. The first-order valence-electron chi connectivity index (χ1n) is 13.7. The predicted molar refractivity (Wildman–Crippen MR) is 167 cm³/mol. The Morgan fingerprint density at radius 1 is 0.366 bits per heavy atom. The van der Waals surface area contributed by atoms with Crippen LogP contribution in [0.2, 0.25) is 0 Å². The summed E-state index contributed by atoms with van der Waals surface area (Å²) < 4.78 is 0. The van der Waals surface area contributed by atoms with Crippen LogP contribution in [0.15, 0.2) is 140 Å². The fourth-order valence-electron chi connectivity index (χ4n) is 5.10. The van der Waals surface area contributed by atoms with Gasteiger partial charge >= 0.3 is 0 Å². The van der Waals surface area contributed by atoms with Crippen molar-refractivity contribution >= 4 is 10.9 Å². The molecule has 4 heteroatoms. The molecule has 2 heterocycles. The van der Waals surface area contributed by atoms with E-state index in [2.05, 4.69) is 78.9 Å². The Kier molecular flexibility index (Phi) is 6.34. The van der Waals surface area contributed by atoms with Gasteiger partial charge in [-0.15, -0.1) is 0 Å². The number of aryl methyl sites for hydroxylation is 1. The SMILES string of the molecule is Cc1ccc2cccc(-c3ccc(-c4cccc(-c5nc(-c6ccccc6)nc(-c6ccccc6)n5)c4)cc3)c2n1. The zero-order chi connectivity index (χ0) is 27.6. The van der Waals surface area contributed by atoms with Crippen molar-refractivity contribution in [3.05, 3.63) is 145 Å². The molecular weight excluding hydrogens is 500 g/mol. The molecule has 5 aromatic carbocycles. The maximum atomic E-state index is 4.89. The lowest BCUT2D eigenvalue weighted by Gasteiger charge is -2.10. The Morgan fingerprint density at radius 3 is 1.56 bits per heavy atom. The summed E-state index contributed by atoms with van der Waals surface area (Å²) in [5.74, 6) is 1.96. The number of hydrogen-bond acceptors (Lipinski definition) is 4. The topological polar surface area (TPSA) is 51.6 Å². The van der Waals surface area contributed by atoms with Gasteiger partial charge < -0.3 is 0 Å². The molecule has 0 aliphatic rings. The van der Waals surface area contributed by atoms with E-state index < -0.39 is 0 Å². The Hall–Kier alpha value is -5.48. The van der Waals surface area contributed by atoms with Gasteiger partial charge in [-0.1, -0.05) is 127 Å². The summed E-state index contributed by atoms with van der Waals surface area (Å²) in [6.07, 6.45) is 0. The fraction of sp³-hybridized carbons (Fsp3) is 0.0270. The van der Waals surface area contributed by atoms with E-state index >= 15 is 0 Å². The molecule has 194 valence electrons. The van der Waals surface area contributed by atoms with Crippen molar-refractivity contribution in [3.63, 3.8) is 0 Å². The number of benzene rings is 5. The molecule has 0 saturated heterocycles. The lowest BCUT2D eigenvalue weighted by molar-refractivity contribution is 1.07. The molecule has 0 saturated carbocycles. The average molecular weight is 527 g/mol. The van der Waals surface area contributed by atoms with E-state index in [4.69, 9.17) is 19.9 Å². The van der Waals surface area contributed by atoms with Crippen molar-refractivity contribution in [3.8, 4) is 56.4 Å². The Morgan fingerprint density at radius 2 is 0.902 bits per heavy atom. The number of pyridine rings is 1. The first-order chi connectivity index (χ1) is 20.2. The molecule has 0 fully saturated rings. The normalized spacial score (nSPS) is 11.0. The minimum Gasteiger partial charge on any atom is -0.252 e. The summed E-state index contributed by atoms with van der Waals surface area (Å²) in [5.41, 5.74) is 9.41. The zero-order valence-corrected chi connectivity index (χ0v) is 22.6.